The van der Waals surface area contributed by atoms with E-state index >= 15 is 0 Å². The molecule has 37 heavy (non-hydrogen) atoms. The minimum Gasteiger partial charge on any atom is -0.294 e. The molecule has 0 saturated carbocycles. The Labute approximate surface area is 216 Å². The molecule has 0 bridgehead atoms. The van der Waals surface area contributed by atoms with Crippen molar-refractivity contribution in [3.05, 3.63) is 75.2 Å². The van der Waals surface area contributed by atoms with Gasteiger partial charge in [-0.3, -0.25) is 9.59 Å². The van der Waals surface area contributed by atoms with Crippen molar-refractivity contribution in [2.24, 2.45) is 5.41 Å². The Kier molecular flexibility index (Phi) is 7.01. The number of nitriles is 1. The van der Waals surface area contributed by atoms with Crippen molar-refractivity contribution in [2.75, 3.05) is 11.5 Å². The van der Waals surface area contributed by atoms with Crippen LogP contribution in [0.4, 0.5) is 8.78 Å². The second kappa shape index (κ2) is 9.76. The van der Waals surface area contributed by atoms with Crippen molar-refractivity contribution in [1.82, 2.24) is 14.8 Å². The van der Waals surface area contributed by atoms with E-state index in [0.717, 1.165) is 10.7 Å². The lowest BCUT2D eigenvalue weighted by molar-refractivity contribution is 0.0935. The number of halogens is 3. The summed E-state index contributed by atoms with van der Waals surface area (Å²) in [5, 5.41) is 13.3. The molecule has 12 heteroatoms. The Morgan fingerprint density at radius 2 is 1.95 bits per heavy atom. The van der Waals surface area contributed by atoms with Crippen LogP contribution in [0.25, 0.3) is 5.82 Å². The van der Waals surface area contributed by atoms with Crippen LogP contribution < -0.4 is 0 Å². The fraction of sp³-hybridized carbons (Fsp3) is 0.320. The van der Waals surface area contributed by atoms with Gasteiger partial charge in [0.1, 0.15) is 11.4 Å². The average molecular weight is 547 g/mol. The minimum atomic E-state index is -3.19. The normalized spacial score (nSPS) is 15.7. The van der Waals surface area contributed by atoms with Gasteiger partial charge in [-0.05, 0) is 48.4 Å². The molecule has 0 unspecified atom stereocenters. The summed E-state index contributed by atoms with van der Waals surface area (Å²) in [6.45, 7) is 3.33. The number of hydrogen-bond acceptors (Lipinski definition) is 7. The van der Waals surface area contributed by atoms with Gasteiger partial charge in [-0.25, -0.2) is 26.9 Å². The molecule has 1 aliphatic rings. The molecule has 0 radical (unpaired) electrons. The van der Waals surface area contributed by atoms with Crippen molar-refractivity contribution in [1.29, 1.82) is 5.26 Å². The summed E-state index contributed by atoms with van der Waals surface area (Å²) in [7, 11) is -3.19. The molecule has 3 aromatic rings. The molecule has 192 valence electrons. The van der Waals surface area contributed by atoms with Gasteiger partial charge in [-0.15, -0.1) is 0 Å². The van der Waals surface area contributed by atoms with Crippen LogP contribution in [0.15, 0.2) is 36.5 Å². The number of aromatic nitrogens is 3. The highest BCUT2D eigenvalue weighted by atomic mass is 35.5. The van der Waals surface area contributed by atoms with Gasteiger partial charge in [-0.1, -0.05) is 18.5 Å². The van der Waals surface area contributed by atoms with Crippen LogP contribution in [-0.4, -0.2) is 46.3 Å². The van der Waals surface area contributed by atoms with Crippen molar-refractivity contribution in [2.45, 2.75) is 33.1 Å². The first-order chi connectivity index (χ1) is 17.3. The van der Waals surface area contributed by atoms with E-state index in [9.17, 15) is 32.0 Å². The summed E-state index contributed by atoms with van der Waals surface area (Å²) < 4.78 is 51.3. The number of Topliss-reactive ketones (excluding diaryl/α,β-unsaturated/α-hetero) is 2. The van der Waals surface area contributed by atoms with Gasteiger partial charge in [0.15, 0.2) is 27.2 Å². The Balaban J connectivity index is 1.73. The van der Waals surface area contributed by atoms with Crippen LogP contribution in [-0.2, 0) is 16.3 Å². The number of hydrogen-bond donors (Lipinski definition) is 0. The summed E-state index contributed by atoms with van der Waals surface area (Å²) in [4.78, 5) is 30.8. The smallest absolute Gasteiger partial charge is 0.282 e. The molecule has 0 atom stereocenters. The van der Waals surface area contributed by atoms with E-state index < -0.39 is 38.9 Å². The van der Waals surface area contributed by atoms with Crippen LogP contribution in [0.5, 0.6) is 0 Å². The van der Waals surface area contributed by atoms with Gasteiger partial charge in [-0.2, -0.15) is 10.4 Å². The monoisotopic (exact) mass is 546 g/mol. The molecule has 0 spiro atoms. The fourth-order valence-electron chi connectivity index (χ4n) is 4.62. The first-order valence-corrected chi connectivity index (χ1v) is 13.3. The predicted molar refractivity (Wildman–Crippen MR) is 131 cm³/mol. The maximum atomic E-state index is 13.5. The van der Waals surface area contributed by atoms with Crippen LogP contribution in [0.3, 0.4) is 0 Å². The number of carbonyl (C=O) groups is 2. The number of ketones is 2. The first-order valence-electron chi connectivity index (χ1n) is 11.1. The lowest BCUT2D eigenvalue weighted by atomic mass is 9.83. The minimum absolute atomic E-state index is 0.00798. The molecule has 1 saturated heterocycles. The van der Waals surface area contributed by atoms with Gasteiger partial charge < -0.3 is 0 Å². The molecule has 2 aromatic heterocycles. The lowest BCUT2D eigenvalue weighted by Gasteiger charge is -2.37. The van der Waals surface area contributed by atoms with Gasteiger partial charge in [0.25, 0.3) is 6.43 Å². The predicted octanol–water partition coefficient (Wildman–Crippen LogP) is 4.47. The Morgan fingerprint density at radius 1 is 1.24 bits per heavy atom. The summed E-state index contributed by atoms with van der Waals surface area (Å²) in [5.41, 5.74) is -0.461. The highest BCUT2D eigenvalue weighted by Gasteiger charge is 2.46. The van der Waals surface area contributed by atoms with Crippen molar-refractivity contribution in [3.8, 4) is 11.9 Å². The van der Waals surface area contributed by atoms with Gasteiger partial charge in [0.05, 0.1) is 28.2 Å². The lowest BCUT2D eigenvalue weighted by Crippen LogP contribution is -2.47. The molecule has 1 aromatic carbocycles. The molecule has 1 fully saturated rings. The molecule has 3 heterocycles. The number of alkyl halides is 2. The van der Waals surface area contributed by atoms with Crippen molar-refractivity contribution in [3.63, 3.8) is 0 Å². The third kappa shape index (κ3) is 5.45. The summed E-state index contributed by atoms with van der Waals surface area (Å²) in [6, 6.07) is 8.84. The maximum Gasteiger partial charge on any atom is 0.282 e. The van der Waals surface area contributed by atoms with E-state index in [0.29, 0.717) is 11.1 Å². The van der Waals surface area contributed by atoms with Crippen molar-refractivity contribution < 1.29 is 26.8 Å². The third-order valence-electron chi connectivity index (χ3n) is 6.14. The van der Waals surface area contributed by atoms with Crippen LogP contribution in [0, 0.1) is 23.7 Å². The molecule has 0 amide bonds. The van der Waals surface area contributed by atoms with Crippen molar-refractivity contribution >= 4 is 33.0 Å². The quantitative estimate of drug-likeness (QED) is 0.382. The SMILES string of the molecule is Cc1cc(C#N)cc(C(=O)CC2(C)CS(=O)(=O)C2)c1CC(=O)c1cc(C(F)F)nn1-c1ncccc1Cl. The number of sulfone groups is 1. The zero-order valence-corrected chi connectivity index (χ0v) is 21.4. The molecule has 8 nitrogen and oxygen atoms in total. The number of pyridine rings is 1. The fourth-order valence-corrected chi connectivity index (χ4v) is 7.06. The zero-order chi connectivity index (χ0) is 27.1. The number of benzene rings is 1. The summed E-state index contributed by atoms with van der Waals surface area (Å²) in [5.74, 6) is -1.30. The summed E-state index contributed by atoms with van der Waals surface area (Å²) >= 11 is 6.17. The molecule has 4 rings (SSSR count). The van der Waals surface area contributed by atoms with E-state index in [4.69, 9.17) is 11.6 Å². The maximum absolute atomic E-state index is 13.5. The van der Waals surface area contributed by atoms with Gasteiger partial charge in [0, 0.05) is 30.0 Å². The highest BCUT2D eigenvalue weighted by molar-refractivity contribution is 7.92. The van der Waals surface area contributed by atoms with E-state index in [1.54, 1.807) is 13.8 Å². The summed E-state index contributed by atoms with van der Waals surface area (Å²) in [6.07, 6.45) is -2.02. The molecule has 1 aliphatic heterocycles. The Hall–Kier alpha value is -3.49. The van der Waals surface area contributed by atoms with E-state index in [2.05, 4.69) is 10.1 Å². The Morgan fingerprint density at radius 3 is 2.54 bits per heavy atom. The second-order valence-corrected chi connectivity index (χ2v) is 11.9. The van der Waals surface area contributed by atoms with Crippen LogP contribution in [0.2, 0.25) is 5.02 Å². The average Bonchev–Trinajstić information content (AvgIpc) is 3.24. The van der Waals surface area contributed by atoms with E-state index in [1.807, 2.05) is 6.07 Å². The second-order valence-electron chi connectivity index (χ2n) is 9.45. The number of nitrogens with zero attached hydrogens (tertiary/aromatic N) is 4. The van der Waals surface area contributed by atoms with E-state index in [1.165, 1.54) is 30.5 Å². The standard InChI is InChI=1S/C25H21ClF2N4O4S/c1-14-6-15(11-29)7-17(22(34)10-25(2)12-37(35,36)13-25)16(14)8-21(33)20-9-19(23(27)28)31-32(20)24-18(26)4-3-5-30-24/h3-7,9,23H,8,10,12-13H2,1-2H3. The number of rotatable bonds is 8. The van der Waals surface area contributed by atoms with Gasteiger partial charge in [0.2, 0.25) is 0 Å². The topological polar surface area (TPSA) is 123 Å². The Bertz CT molecular complexity index is 1570. The van der Waals surface area contributed by atoms with Crippen LogP contribution in [0.1, 0.15) is 63.0 Å². The number of carbonyl (C=O) groups excluding carboxylic acids is 2. The first kappa shape index (κ1) is 26.6. The third-order valence-corrected chi connectivity index (χ3v) is 8.71. The molecular weight excluding hydrogens is 526 g/mol. The highest BCUT2D eigenvalue weighted by Crippen LogP contribution is 2.37. The molecule has 0 N–H and O–H groups in total. The zero-order valence-electron chi connectivity index (χ0n) is 19.8. The molecule has 0 aliphatic carbocycles. The molecular formula is C25H21ClF2N4O4S. The largest absolute Gasteiger partial charge is 0.294 e. The van der Waals surface area contributed by atoms with Crippen LogP contribution >= 0.6 is 11.6 Å². The van der Waals surface area contributed by atoms with E-state index in [-0.39, 0.29) is 52.0 Å². The van der Waals surface area contributed by atoms with Gasteiger partial charge >= 0.3 is 0 Å². The number of aryl methyl sites for hydroxylation is 1.